The van der Waals surface area contributed by atoms with E-state index in [4.69, 9.17) is 25.4 Å². The third kappa shape index (κ3) is 1.44. The molecular formula is C9H12ClO4P. The molecule has 4 nitrogen and oxygen atoms in total. The molecule has 2 heterocycles. The van der Waals surface area contributed by atoms with E-state index in [1.54, 1.807) is 0 Å². The lowest BCUT2D eigenvalue weighted by Gasteiger charge is -2.19. The Morgan fingerprint density at radius 3 is 2.53 bits per heavy atom. The Morgan fingerprint density at radius 2 is 2.13 bits per heavy atom. The van der Waals surface area contributed by atoms with E-state index in [0.29, 0.717) is 10.3 Å². The zero-order chi connectivity index (χ0) is 11.3. The van der Waals surface area contributed by atoms with Crippen LogP contribution in [0.1, 0.15) is 6.92 Å². The molecule has 0 fully saturated rings. The third-order valence-corrected chi connectivity index (χ3v) is 5.41. The van der Waals surface area contributed by atoms with Gasteiger partial charge in [-0.05, 0) is 13.0 Å². The van der Waals surface area contributed by atoms with Gasteiger partial charge in [0.2, 0.25) is 0 Å². The smallest absolute Gasteiger partial charge is 0.353 e. The van der Waals surface area contributed by atoms with Gasteiger partial charge in [0, 0.05) is 14.2 Å². The van der Waals surface area contributed by atoms with Crippen LogP contribution < -0.4 is 0 Å². The monoisotopic (exact) mass is 250 g/mol. The van der Waals surface area contributed by atoms with Crippen molar-refractivity contribution >= 4 is 19.2 Å². The molecule has 0 saturated heterocycles. The van der Waals surface area contributed by atoms with Crippen LogP contribution in [0, 0.1) is 0 Å². The summed E-state index contributed by atoms with van der Waals surface area (Å²) < 4.78 is 27.6. The maximum atomic E-state index is 12.2. The Kier molecular flexibility index (Phi) is 2.61. The van der Waals surface area contributed by atoms with Gasteiger partial charge in [0.05, 0.1) is 10.3 Å². The Morgan fingerprint density at radius 1 is 1.53 bits per heavy atom. The number of hydrogen-bond acceptors (Lipinski definition) is 4. The van der Waals surface area contributed by atoms with Gasteiger partial charge < -0.3 is 13.8 Å². The van der Waals surface area contributed by atoms with E-state index >= 15 is 0 Å². The van der Waals surface area contributed by atoms with Crippen molar-refractivity contribution in [3.8, 4) is 0 Å². The van der Waals surface area contributed by atoms with E-state index in [-0.39, 0.29) is 0 Å². The van der Waals surface area contributed by atoms with E-state index in [1.807, 2.05) is 19.1 Å². The molecule has 0 aromatic carbocycles. The lowest BCUT2D eigenvalue weighted by Crippen LogP contribution is -2.18. The van der Waals surface area contributed by atoms with Crippen LogP contribution in [0.15, 0.2) is 22.5 Å². The molecule has 0 spiro atoms. The molecule has 2 aliphatic rings. The summed E-state index contributed by atoms with van der Waals surface area (Å²) in [6.45, 7) is 1.81. The predicted octanol–water partition coefficient (Wildman–Crippen LogP) is 2.65. The second-order valence-corrected chi connectivity index (χ2v) is 6.15. The molecule has 2 aliphatic heterocycles. The summed E-state index contributed by atoms with van der Waals surface area (Å²) in [7, 11) is -0.633. The molecule has 0 N–H and O–H groups in total. The van der Waals surface area contributed by atoms with E-state index in [1.165, 1.54) is 14.2 Å². The van der Waals surface area contributed by atoms with Crippen molar-refractivity contribution in [1.82, 2.24) is 0 Å². The van der Waals surface area contributed by atoms with Gasteiger partial charge in [-0.15, -0.1) is 0 Å². The number of rotatable bonds is 3. The minimum absolute atomic E-state index is 0.395. The summed E-state index contributed by atoms with van der Waals surface area (Å²) in [5, 5.41) is 0.821. The molecule has 6 heteroatoms. The van der Waals surface area contributed by atoms with Crippen LogP contribution in [0.25, 0.3) is 0 Å². The summed E-state index contributed by atoms with van der Waals surface area (Å²) >= 11 is 6.13. The fraction of sp³-hybridized carbons (Fsp3) is 0.556. The first-order valence-electron chi connectivity index (χ1n) is 4.46. The quantitative estimate of drug-likeness (QED) is 0.571. The topological polar surface area (TPSA) is 44.8 Å². The zero-order valence-electron chi connectivity index (χ0n) is 8.69. The minimum Gasteiger partial charge on any atom is -0.353 e. The second-order valence-electron chi connectivity index (χ2n) is 3.57. The lowest BCUT2D eigenvalue weighted by atomic mass is 10.0. The van der Waals surface area contributed by atoms with Crippen molar-refractivity contribution in [3.63, 3.8) is 0 Å². The molecule has 0 radical (unpaired) electrons. The van der Waals surface area contributed by atoms with Gasteiger partial charge in [-0.3, -0.25) is 4.57 Å². The van der Waals surface area contributed by atoms with E-state index in [9.17, 15) is 4.57 Å². The number of hydrogen-bond donors (Lipinski definition) is 0. The normalized spacial score (nSPS) is 34.3. The van der Waals surface area contributed by atoms with Crippen molar-refractivity contribution in [2.45, 2.75) is 18.6 Å². The molecule has 2 atom stereocenters. The van der Waals surface area contributed by atoms with Crippen LogP contribution in [-0.2, 0) is 18.3 Å². The number of halogens is 1. The number of fused-ring (bicyclic) bond motifs is 2. The summed E-state index contributed by atoms with van der Waals surface area (Å²) in [6.07, 6.45) is 3.26. The van der Waals surface area contributed by atoms with E-state index in [2.05, 4.69) is 0 Å². The fourth-order valence-corrected chi connectivity index (χ4v) is 3.79. The zero-order valence-corrected chi connectivity index (χ0v) is 10.3. The maximum Gasteiger partial charge on any atom is 0.361 e. The van der Waals surface area contributed by atoms with Gasteiger partial charge >= 0.3 is 7.60 Å². The fourth-order valence-electron chi connectivity index (χ4n) is 1.81. The highest BCUT2D eigenvalue weighted by atomic mass is 35.5. The Labute approximate surface area is 93.4 Å². The molecular weight excluding hydrogens is 239 g/mol. The SMILES string of the molecule is COP(=O)(OC)C1=C(Cl)C2(C)C=CC1O2. The lowest BCUT2D eigenvalue weighted by molar-refractivity contribution is 0.0598. The molecule has 0 aliphatic carbocycles. The standard InChI is InChI=1S/C9H12ClO4P/c1-9-5-4-6(14-9)7(8(9)10)15(11,12-2)13-3/h4-6H,1-3H3. The Bertz CT molecular complexity index is 395. The van der Waals surface area contributed by atoms with Gasteiger partial charge in [-0.1, -0.05) is 17.7 Å². The minimum atomic E-state index is -3.30. The van der Waals surface area contributed by atoms with Crippen LogP contribution in [0.3, 0.4) is 0 Å². The van der Waals surface area contributed by atoms with Crippen LogP contribution in [0.2, 0.25) is 0 Å². The average molecular weight is 251 g/mol. The molecule has 0 amide bonds. The summed E-state index contributed by atoms with van der Waals surface area (Å²) in [5.74, 6) is 0. The third-order valence-electron chi connectivity index (χ3n) is 2.67. The predicted molar refractivity (Wildman–Crippen MR) is 56.9 cm³/mol. The van der Waals surface area contributed by atoms with Crippen LogP contribution in [0.5, 0.6) is 0 Å². The molecule has 2 unspecified atom stereocenters. The maximum absolute atomic E-state index is 12.2. The molecule has 0 aromatic heterocycles. The van der Waals surface area contributed by atoms with E-state index in [0.717, 1.165) is 0 Å². The van der Waals surface area contributed by atoms with Crippen molar-refractivity contribution in [2.75, 3.05) is 14.2 Å². The van der Waals surface area contributed by atoms with Gasteiger partial charge in [0.1, 0.15) is 11.7 Å². The molecule has 0 saturated carbocycles. The average Bonchev–Trinajstić information content (AvgIpc) is 2.71. The number of ether oxygens (including phenoxy) is 1. The highest BCUT2D eigenvalue weighted by Crippen LogP contribution is 2.64. The second kappa shape index (κ2) is 3.44. The summed E-state index contributed by atoms with van der Waals surface area (Å²) in [4.78, 5) is 0. The van der Waals surface area contributed by atoms with E-state index < -0.39 is 19.3 Å². The largest absolute Gasteiger partial charge is 0.361 e. The van der Waals surface area contributed by atoms with Crippen LogP contribution in [0.4, 0.5) is 0 Å². The first-order chi connectivity index (χ1) is 6.97. The van der Waals surface area contributed by atoms with Gasteiger partial charge in [-0.25, -0.2) is 0 Å². The van der Waals surface area contributed by atoms with Crippen molar-refractivity contribution in [1.29, 1.82) is 0 Å². The molecule has 0 aromatic rings. The van der Waals surface area contributed by atoms with Crippen molar-refractivity contribution < 1.29 is 18.3 Å². The van der Waals surface area contributed by atoms with Gasteiger partial charge in [0.15, 0.2) is 0 Å². The van der Waals surface area contributed by atoms with Crippen LogP contribution >= 0.6 is 19.2 Å². The summed E-state index contributed by atoms with van der Waals surface area (Å²) in [5.41, 5.74) is -0.672. The highest BCUT2D eigenvalue weighted by Gasteiger charge is 2.51. The van der Waals surface area contributed by atoms with Gasteiger partial charge in [0.25, 0.3) is 0 Å². The van der Waals surface area contributed by atoms with Crippen LogP contribution in [-0.4, -0.2) is 25.9 Å². The molecule has 84 valence electrons. The van der Waals surface area contributed by atoms with Crippen molar-refractivity contribution in [3.05, 3.63) is 22.5 Å². The summed E-state index contributed by atoms with van der Waals surface area (Å²) in [6, 6.07) is 0. The Balaban J connectivity index is 2.48. The Hall–Kier alpha value is -0.120. The van der Waals surface area contributed by atoms with Gasteiger partial charge in [-0.2, -0.15) is 0 Å². The molecule has 15 heavy (non-hydrogen) atoms. The van der Waals surface area contributed by atoms with Crippen molar-refractivity contribution in [2.24, 2.45) is 0 Å². The molecule has 2 bridgehead atoms. The highest BCUT2D eigenvalue weighted by molar-refractivity contribution is 7.58. The first-order valence-corrected chi connectivity index (χ1v) is 6.38. The molecule has 2 rings (SSSR count). The first kappa shape index (κ1) is 11.4.